The van der Waals surface area contributed by atoms with Crippen LogP contribution in [0.5, 0.6) is 0 Å². The number of hydrogen-bond donors (Lipinski definition) is 0. The molecule has 24 heavy (non-hydrogen) atoms. The highest BCUT2D eigenvalue weighted by molar-refractivity contribution is 5.96. The Morgan fingerprint density at radius 2 is 1.79 bits per heavy atom. The monoisotopic (exact) mass is 330 g/mol. The molecule has 1 aromatic carbocycles. The van der Waals surface area contributed by atoms with E-state index in [-0.39, 0.29) is 24.4 Å². The molecule has 0 saturated heterocycles. The highest BCUT2D eigenvalue weighted by Gasteiger charge is 2.26. The second kappa shape index (κ2) is 8.86. The normalized spacial score (nSPS) is 15.6. The molecule has 1 aromatic rings. The molecular formula is C20H30N2O2. The molecule has 4 heteroatoms. The van der Waals surface area contributed by atoms with Crippen molar-refractivity contribution < 1.29 is 9.59 Å². The molecule has 1 aliphatic rings. The van der Waals surface area contributed by atoms with Gasteiger partial charge in [-0.1, -0.05) is 37.8 Å². The van der Waals surface area contributed by atoms with Crippen molar-refractivity contribution in [3.63, 3.8) is 0 Å². The quantitative estimate of drug-likeness (QED) is 0.768. The van der Waals surface area contributed by atoms with Gasteiger partial charge in [-0.05, 0) is 44.4 Å². The van der Waals surface area contributed by atoms with Crippen molar-refractivity contribution in [2.24, 2.45) is 0 Å². The Morgan fingerprint density at radius 1 is 1.12 bits per heavy atom. The zero-order valence-corrected chi connectivity index (χ0v) is 15.3. The van der Waals surface area contributed by atoms with Crippen LogP contribution in [0.15, 0.2) is 24.3 Å². The number of carbonyl (C=O) groups is 2. The molecule has 0 aliphatic heterocycles. The van der Waals surface area contributed by atoms with Crippen LogP contribution in [0.2, 0.25) is 0 Å². The topological polar surface area (TPSA) is 40.6 Å². The molecule has 0 atom stereocenters. The van der Waals surface area contributed by atoms with Crippen molar-refractivity contribution >= 4 is 17.5 Å². The number of nitrogens with zero attached hydrogens (tertiary/aromatic N) is 2. The second-order valence-corrected chi connectivity index (χ2v) is 6.77. The lowest BCUT2D eigenvalue weighted by Crippen LogP contribution is -2.46. The molecule has 2 amide bonds. The molecule has 4 nitrogen and oxygen atoms in total. The third-order valence-electron chi connectivity index (χ3n) is 4.91. The van der Waals surface area contributed by atoms with Crippen molar-refractivity contribution in [2.45, 2.75) is 65.3 Å². The molecule has 1 saturated carbocycles. The van der Waals surface area contributed by atoms with Crippen LogP contribution in [-0.4, -0.2) is 35.8 Å². The predicted molar refractivity (Wildman–Crippen MR) is 98.1 cm³/mol. The molecule has 0 aromatic heterocycles. The Balaban J connectivity index is 2.12. The van der Waals surface area contributed by atoms with Crippen LogP contribution in [0.3, 0.4) is 0 Å². The average Bonchev–Trinajstić information content (AvgIpc) is 2.82. The Hall–Kier alpha value is -1.84. The lowest BCUT2D eigenvalue weighted by atomic mass is 10.1. The maximum atomic E-state index is 12.9. The van der Waals surface area contributed by atoms with Crippen molar-refractivity contribution in [1.82, 2.24) is 4.90 Å². The van der Waals surface area contributed by atoms with E-state index in [1.807, 2.05) is 38.1 Å². The summed E-state index contributed by atoms with van der Waals surface area (Å²) in [6.07, 6.45) is 6.81. The molecule has 132 valence electrons. The summed E-state index contributed by atoms with van der Waals surface area (Å²) < 4.78 is 0. The van der Waals surface area contributed by atoms with Gasteiger partial charge in [-0.25, -0.2) is 0 Å². The summed E-state index contributed by atoms with van der Waals surface area (Å²) in [6.45, 7) is 6.38. The number of rotatable bonds is 5. The summed E-state index contributed by atoms with van der Waals surface area (Å²) in [6, 6.07) is 8.18. The van der Waals surface area contributed by atoms with Gasteiger partial charge in [0, 0.05) is 25.2 Å². The van der Waals surface area contributed by atoms with Crippen LogP contribution >= 0.6 is 0 Å². The van der Waals surface area contributed by atoms with Crippen molar-refractivity contribution in [3.05, 3.63) is 29.8 Å². The fourth-order valence-corrected chi connectivity index (χ4v) is 3.60. The smallest absolute Gasteiger partial charge is 0.246 e. The van der Waals surface area contributed by atoms with Crippen molar-refractivity contribution in [3.8, 4) is 0 Å². The largest absolute Gasteiger partial charge is 0.331 e. The van der Waals surface area contributed by atoms with Gasteiger partial charge in [-0.2, -0.15) is 0 Å². The summed E-state index contributed by atoms with van der Waals surface area (Å²) in [7, 11) is 0. The summed E-state index contributed by atoms with van der Waals surface area (Å²) in [4.78, 5) is 28.6. The van der Waals surface area contributed by atoms with Gasteiger partial charge in [-0.15, -0.1) is 0 Å². The Morgan fingerprint density at radius 3 is 2.33 bits per heavy atom. The number of amides is 2. The van der Waals surface area contributed by atoms with Crippen LogP contribution < -0.4 is 4.90 Å². The van der Waals surface area contributed by atoms with E-state index in [4.69, 9.17) is 0 Å². The summed E-state index contributed by atoms with van der Waals surface area (Å²) in [5, 5.41) is 0. The van der Waals surface area contributed by atoms with Crippen molar-refractivity contribution in [1.29, 1.82) is 0 Å². The van der Waals surface area contributed by atoms with Gasteiger partial charge in [0.15, 0.2) is 0 Å². The minimum Gasteiger partial charge on any atom is -0.331 e. The van der Waals surface area contributed by atoms with E-state index >= 15 is 0 Å². The van der Waals surface area contributed by atoms with Crippen LogP contribution in [-0.2, 0) is 9.59 Å². The number of carbonyl (C=O) groups excluding carboxylic acids is 2. The van der Waals surface area contributed by atoms with E-state index < -0.39 is 0 Å². The zero-order valence-electron chi connectivity index (χ0n) is 15.3. The standard InChI is InChI=1S/C20H30N2O2/c1-4-21(19-13-9-10-16(2)14-19)20(24)15-22(17(3)23)18-11-7-5-6-8-12-18/h9-10,13-14,18H,4-8,11-12,15H2,1-3H3. The van der Waals surface area contributed by atoms with Crippen LogP contribution in [0.4, 0.5) is 5.69 Å². The molecule has 0 unspecified atom stereocenters. The first-order valence-electron chi connectivity index (χ1n) is 9.17. The predicted octanol–water partition coefficient (Wildman–Crippen LogP) is 3.92. The van der Waals surface area contributed by atoms with Gasteiger partial charge in [0.25, 0.3) is 0 Å². The average molecular weight is 330 g/mol. The third-order valence-corrected chi connectivity index (χ3v) is 4.91. The van der Waals surface area contributed by atoms with Crippen LogP contribution in [0, 0.1) is 6.92 Å². The number of benzene rings is 1. The van der Waals surface area contributed by atoms with Gasteiger partial charge >= 0.3 is 0 Å². The molecule has 1 fully saturated rings. The maximum absolute atomic E-state index is 12.9. The first-order chi connectivity index (χ1) is 11.5. The minimum absolute atomic E-state index is 0.00236. The number of aryl methyl sites for hydroxylation is 1. The van der Waals surface area contributed by atoms with E-state index in [2.05, 4.69) is 0 Å². The summed E-state index contributed by atoms with van der Waals surface area (Å²) in [5.74, 6) is 0.0121. The lowest BCUT2D eigenvalue weighted by molar-refractivity contribution is -0.136. The van der Waals surface area contributed by atoms with E-state index in [1.165, 1.54) is 12.8 Å². The fraction of sp³-hybridized carbons (Fsp3) is 0.600. The number of likely N-dealkylation sites (N-methyl/N-ethyl adjacent to an activating group) is 1. The van der Waals surface area contributed by atoms with E-state index in [0.29, 0.717) is 6.54 Å². The molecule has 0 heterocycles. The summed E-state index contributed by atoms with van der Waals surface area (Å²) in [5.41, 5.74) is 2.04. The first kappa shape index (κ1) is 18.5. The molecule has 0 bridgehead atoms. The Kier molecular flexibility index (Phi) is 6.83. The maximum Gasteiger partial charge on any atom is 0.246 e. The van der Waals surface area contributed by atoms with Crippen LogP contribution in [0.25, 0.3) is 0 Å². The molecule has 0 N–H and O–H groups in total. The summed E-state index contributed by atoms with van der Waals surface area (Å²) >= 11 is 0. The molecule has 0 radical (unpaired) electrons. The highest BCUT2D eigenvalue weighted by atomic mass is 16.2. The molecule has 1 aliphatic carbocycles. The SMILES string of the molecule is CCN(C(=O)CN(C(C)=O)C1CCCCCC1)c1cccc(C)c1. The Labute approximate surface area is 145 Å². The van der Waals surface area contributed by atoms with E-state index in [0.717, 1.165) is 36.9 Å². The van der Waals surface area contributed by atoms with E-state index in [9.17, 15) is 9.59 Å². The van der Waals surface area contributed by atoms with Gasteiger partial charge in [0.2, 0.25) is 11.8 Å². The van der Waals surface area contributed by atoms with Gasteiger partial charge < -0.3 is 9.80 Å². The zero-order chi connectivity index (χ0) is 17.5. The van der Waals surface area contributed by atoms with Gasteiger partial charge in [0.05, 0.1) is 0 Å². The lowest BCUT2D eigenvalue weighted by Gasteiger charge is -2.32. The number of anilines is 1. The highest BCUT2D eigenvalue weighted by Crippen LogP contribution is 2.23. The van der Waals surface area contributed by atoms with Crippen molar-refractivity contribution in [2.75, 3.05) is 18.0 Å². The van der Waals surface area contributed by atoms with Gasteiger partial charge in [-0.3, -0.25) is 9.59 Å². The minimum atomic E-state index is 0.00236. The fourth-order valence-electron chi connectivity index (χ4n) is 3.60. The second-order valence-electron chi connectivity index (χ2n) is 6.77. The first-order valence-corrected chi connectivity index (χ1v) is 9.17. The molecule has 2 rings (SSSR count). The molecule has 0 spiro atoms. The third kappa shape index (κ3) is 4.83. The Bertz CT molecular complexity index is 563. The van der Waals surface area contributed by atoms with E-state index in [1.54, 1.807) is 16.7 Å². The van der Waals surface area contributed by atoms with Gasteiger partial charge in [0.1, 0.15) is 6.54 Å². The number of hydrogen-bond acceptors (Lipinski definition) is 2. The molecular weight excluding hydrogens is 300 g/mol. The van der Waals surface area contributed by atoms with Crippen LogP contribution in [0.1, 0.15) is 57.9 Å².